The number of carbonyl (C=O) groups excluding carboxylic acids is 3. The topological polar surface area (TPSA) is 162 Å². The van der Waals surface area contributed by atoms with Crippen molar-refractivity contribution < 1.29 is 14.4 Å². The number of aromatic amines is 2. The number of nitrogens with one attached hydrogen (secondary N) is 5. The van der Waals surface area contributed by atoms with Gasteiger partial charge in [0.1, 0.15) is 6.04 Å². The summed E-state index contributed by atoms with van der Waals surface area (Å²) in [7, 11) is 0. The fraction of sp³-hybridized carbons (Fsp3) is 0.371. The third-order valence-electron chi connectivity index (χ3n) is 8.64. The zero-order valence-corrected chi connectivity index (χ0v) is 26.0. The number of carbonyl (C=O) groups is 3. The van der Waals surface area contributed by atoms with E-state index in [1.54, 1.807) is 18.2 Å². The van der Waals surface area contributed by atoms with E-state index in [9.17, 15) is 19.2 Å². The molecule has 1 aliphatic rings. The Hall–Kier alpha value is -4.70. The monoisotopic (exact) mass is 610 g/mol. The maximum absolute atomic E-state index is 13.6. The van der Waals surface area contributed by atoms with Gasteiger partial charge in [0.25, 0.3) is 11.5 Å². The lowest BCUT2D eigenvalue weighted by Crippen LogP contribution is -2.48. The van der Waals surface area contributed by atoms with Gasteiger partial charge in [-0.3, -0.25) is 29.4 Å². The van der Waals surface area contributed by atoms with Gasteiger partial charge in [-0.1, -0.05) is 30.3 Å². The summed E-state index contributed by atoms with van der Waals surface area (Å²) in [5, 5.41) is 14.7. The molecule has 1 fully saturated rings. The van der Waals surface area contributed by atoms with Crippen molar-refractivity contribution in [3.63, 3.8) is 0 Å². The molecule has 45 heavy (non-hydrogen) atoms. The summed E-state index contributed by atoms with van der Waals surface area (Å²) in [6.45, 7) is 6.47. The number of hydrogen-bond donors (Lipinski definition) is 6. The van der Waals surface area contributed by atoms with Crippen molar-refractivity contribution in [1.29, 1.82) is 0 Å². The molecule has 1 aromatic heterocycles. The van der Waals surface area contributed by atoms with E-state index >= 15 is 0 Å². The molecule has 0 bridgehead atoms. The van der Waals surface area contributed by atoms with Gasteiger partial charge in [-0.15, -0.1) is 0 Å². The number of nitrogens with two attached hydrogens (primary N) is 1. The summed E-state index contributed by atoms with van der Waals surface area (Å²) >= 11 is 0. The van der Waals surface area contributed by atoms with Crippen molar-refractivity contribution in [2.75, 3.05) is 11.9 Å². The first-order valence-corrected chi connectivity index (χ1v) is 15.6. The molecule has 10 nitrogen and oxygen atoms in total. The zero-order valence-electron chi connectivity index (χ0n) is 26.0. The number of aromatic nitrogens is 2. The first kappa shape index (κ1) is 31.7. The lowest BCUT2D eigenvalue weighted by molar-refractivity contribution is -0.130. The van der Waals surface area contributed by atoms with E-state index in [4.69, 9.17) is 5.73 Å². The van der Waals surface area contributed by atoms with Crippen LogP contribution < -0.4 is 27.2 Å². The maximum atomic E-state index is 13.6. The molecule has 10 heteroatoms. The van der Waals surface area contributed by atoms with E-state index in [-0.39, 0.29) is 35.2 Å². The Bertz CT molecular complexity index is 1730. The molecule has 0 saturated heterocycles. The van der Waals surface area contributed by atoms with E-state index in [0.29, 0.717) is 41.0 Å². The number of fused-ring (bicyclic) bond motifs is 1. The Kier molecular flexibility index (Phi) is 9.83. The highest BCUT2D eigenvalue weighted by Crippen LogP contribution is 2.29. The highest BCUT2D eigenvalue weighted by Gasteiger charge is 2.29. The van der Waals surface area contributed by atoms with Gasteiger partial charge < -0.3 is 21.7 Å². The molecule has 3 aromatic carbocycles. The predicted molar refractivity (Wildman–Crippen MR) is 177 cm³/mol. The standard InChI is InChI=1S/C35H42N6O4/c1-20(2)37-33(43)26-12-14-28(21(3)16-26)24-8-4-22(5-9-24)17-31(39-32(42)25-10-6-23(19-36)7-11-25)35(45)38-27-13-15-29-30(18-27)40-41-34(29)44/h4-5,8-9,12-16,18,20,23,25,31H,6-7,10-11,17,19,36H2,1-3H3,(H,37,43)(H,38,45)(H,39,42)(H2,40,41,44). The van der Waals surface area contributed by atoms with Crippen LogP contribution in [0.15, 0.2) is 65.5 Å². The minimum Gasteiger partial charge on any atom is -0.350 e. The van der Waals surface area contributed by atoms with Crippen molar-refractivity contribution in [3.8, 4) is 11.1 Å². The normalized spacial score (nSPS) is 17.2. The van der Waals surface area contributed by atoms with E-state index in [1.807, 2.05) is 63.2 Å². The number of amides is 3. The average Bonchev–Trinajstić information content (AvgIpc) is 3.40. The third-order valence-corrected chi connectivity index (χ3v) is 8.64. The molecule has 1 aliphatic carbocycles. The third kappa shape index (κ3) is 7.69. The van der Waals surface area contributed by atoms with Crippen LogP contribution >= 0.6 is 0 Å². The molecule has 1 heterocycles. The van der Waals surface area contributed by atoms with Gasteiger partial charge in [-0.2, -0.15) is 0 Å². The van der Waals surface area contributed by atoms with Crippen LogP contribution in [0.2, 0.25) is 0 Å². The van der Waals surface area contributed by atoms with Gasteiger partial charge in [-0.05, 0) is 112 Å². The molecule has 5 rings (SSSR count). The number of rotatable bonds is 10. The van der Waals surface area contributed by atoms with Gasteiger partial charge in [0.15, 0.2) is 0 Å². The SMILES string of the molecule is Cc1cc(C(=O)NC(C)C)ccc1-c1ccc(CC(NC(=O)C2CCC(CN)CC2)C(=O)Nc2ccc3c(=O)[nH][nH]c3c2)cc1. The van der Waals surface area contributed by atoms with Crippen LogP contribution in [0, 0.1) is 18.8 Å². The fourth-order valence-corrected chi connectivity index (χ4v) is 6.03. The lowest BCUT2D eigenvalue weighted by Gasteiger charge is -2.28. The van der Waals surface area contributed by atoms with Crippen LogP contribution in [0.5, 0.6) is 0 Å². The first-order valence-electron chi connectivity index (χ1n) is 15.6. The first-order chi connectivity index (χ1) is 21.6. The molecule has 236 valence electrons. The summed E-state index contributed by atoms with van der Waals surface area (Å²) in [4.78, 5) is 51.3. The van der Waals surface area contributed by atoms with Gasteiger partial charge in [0.2, 0.25) is 11.8 Å². The largest absolute Gasteiger partial charge is 0.350 e. The predicted octanol–water partition coefficient (Wildman–Crippen LogP) is 4.40. The summed E-state index contributed by atoms with van der Waals surface area (Å²) in [6.07, 6.45) is 3.62. The zero-order chi connectivity index (χ0) is 32.1. The van der Waals surface area contributed by atoms with Crippen LogP contribution in [0.3, 0.4) is 0 Å². The second-order valence-corrected chi connectivity index (χ2v) is 12.4. The molecule has 7 N–H and O–H groups in total. The summed E-state index contributed by atoms with van der Waals surface area (Å²) in [5.41, 5.74) is 11.2. The Labute approximate surface area is 262 Å². The molecular formula is C35H42N6O4. The average molecular weight is 611 g/mol. The molecule has 3 amide bonds. The molecule has 0 aliphatic heterocycles. The number of H-pyrrole nitrogens is 2. The van der Waals surface area contributed by atoms with E-state index in [1.165, 1.54) is 0 Å². The Morgan fingerprint density at radius 3 is 2.31 bits per heavy atom. The minimum absolute atomic E-state index is 0.0558. The molecular weight excluding hydrogens is 568 g/mol. The second kappa shape index (κ2) is 13.9. The molecule has 0 radical (unpaired) electrons. The maximum Gasteiger partial charge on any atom is 0.271 e. The molecule has 4 aromatic rings. The molecule has 0 spiro atoms. The van der Waals surface area contributed by atoms with Crippen molar-refractivity contribution in [3.05, 3.63) is 87.7 Å². The van der Waals surface area contributed by atoms with Crippen LogP contribution in [0.1, 0.15) is 61.0 Å². The van der Waals surface area contributed by atoms with Crippen molar-refractivity contribution in [2.45, 2.75) is 65.0 Å². The van der Waals surface area contributed by atoms with Crippen molar-refractivity contribution in [2.24, 2.45) is 17.6 Å². The van der Waals surface area contributed by atoms with Crippen molar-refractivity contribution >= 4 is 34.3 Å². The van der Waals surface area contributed by atoms with Gasteiger partial charge >= 0.3 is 0 Å². The minimum atomic E-state index is -0.808. The molecule has 1 atom stereocenters. The number of benzene rings is 3. The van der Waals surface area contributed by atoms with E-state index in [0.717, 1.165) is 47.9 Å². The van der Waals surface area contributed by atoms with Crippen LogP contribution in [-0.4, -0.2) is 46.5 Å². The second-order valence-electron chi connectivity index (χ2n) is 12.4. The van der Waals surface area contributed by atoms with E-state index in [2.05, 4.69) is 26.1 Å². The van der Waals surface area contributed by atoms with Gasteiger partial charge in [-0.25, -0.2) is 0 Å². The highest BCUT2D eigenvalue weighted by atomic mass is 16.2. The summed E-state index contributed by atoms with van der Waals surface area (Å²) in [6, 6.07) is 17.8. The van der Waals surface area contributed by atoms with E-state index < -0.39 is 6.04 Å². The Morgan fingerprint density at radius 1 is 0.911 bits per heavy atom. The molecule has 1 saturated carbocycles. The smallest absolute Gasteiger partial charge is 0.271 e. The fourth-order valence-electron chi connectivity index (χ4n) is 6.03. The number of aryl methyl sites for hydroxylation is 1. The van der Waals surface area contributed by atoms with Crippen molar-refractivity contribution in [1.82, 2.24) is 20.8 Å². The lowest BCUT2D eigenvalue weighted by atomic mass is 9.81. The Morgan fingerprint density at radius 2 is 1.64 bits per heavy atom. The summed E-state index contributed by atoms with van der Waals surface area (Å²) < 4.78 is 0. The van der Waals surface area contributed by atoms with Gasteiger partial charge in [0, 0.05) is 29.6 Å². The number of anilines is 1. The Balaban J connectivity index is 1.32. The van der Waals surface area contributed by atoms with Crippen LogP contribution in [0.25, 0.3) is 22.0 Å². The van der Waals surface area contributed by atoms with Crippen LogP contribution in [0.4, 0.5) is 5.69 Å². The summed E-state index contributed by atoms with van der Waals surface area (Å²) in [5.74, 6) is -0.273. The van der Waals surface area contributed by atoms with Gasteiger partial charge in [0.05, 0.1) is 10.9 Å². The number of hydrogen-bond acceptors (Lipinski definition) is 5. The molecule has 1 unspecified atom stereocenters. The highest BCUT2D eigenvalue weighted by molar-refractivity contribution is 5.99. The van der Waals surface area contributed by atoms with Crippen LogP contribution in [-0.2, 0) is 16.0 Å². The quantitative estimate of drug-likeness (QED) is 0.157.